The third-order valence-electron chi connectivity index (χ3n) is 3.60. The van der Waals surface area contributed by atoms with E-state index in [1.807, 2.05) is 12.1 Å². The highest BCUT2D eigenvalue weighted by Crippen LogP contribution is 2.33. The minimum atomic E-state index is 0.297. The molecule has 0 aromatic heterocycles. The summed E-state index contributed by atoms with van der Waals surface area (Å²) in [6.45, 7) is 1.60. The first-order valence-corrected chi connectivity index (χ1v) is 6.27. The standard InChI is InChI=1S/C14H18N2O2/c1-10(15-17)14(16-18)13-8-6-12(7-9-13)11-4-2-3-5-11/h6-9,11,17-18H,2-5H2,1H3. The van der Waals surface area contributed by atoms with Crippen molar-refractivity contribution < 1.29 is 10.4 Å². The van der Waals surface area contributed by atoms with Crippen LogP contribution in [0.25, 0.3) is 0 Å². The second-order valence-electron chi connectivity index (χ2n) is 4.74. The van der Waals surface area contributed by atoms with Gasteiger partial charge in [0.15, 0.2) is 0 Å². The average molecular weight is 246 g/mol. The number of rotatable bonds is 3. The van der Waals surface area contributed by atoms with Crippen molar-refractivity contribution in [1.29, 1.82) is 0 Å². The molecule has 0 spiro atoms. The van der Waals surface area contributed by atoms with E-state index in [-0.39, 0.29) is 0 Å². The predicted molar refractivity (Wildman–Crippen MR) is 70.9 cm³/mol. The van der Waals surface area contributed by atoms with E-state index in [1.54, 1.807) is 6.92 Å². The van der Waals surface area contributed by atoms with Crippen LogP contribution in [-0.2, 0) is 0 Å². The van der Waals surface area contributed by atoms with Crippen LogP contribution < -0.4 is 0 Å². The third kappa shape index (κ3) is 2.53. The van der Waals surface area contributed by atoms with E-state index in [4.69, 9.17) is 10.4 Å². The van der Waals surface area contributed by atoms with Crippen LogP contribution >= 0.6 is 0 Å². The van der Waals surface area contributed by atoms with Crippen LogP contribution in [0.2, 0.25) is 0 Å². The average Bonchev–Trinajstić information content (AvgIpc) is 2.94. The van der Waals surface area contributed by atoms with Crippen LogP contribution in [0.15, 0.2) is 34.6 Å². The normalized spacial score (nSPS) is 18.3. The molecule has 2 rings (SSSR count). The summed E-state index contributed by atoms with van der Waals surface area (Å²) >= 11 is 0. The fraction of sp³-hybridized carbons (Fsp3) is 0.429. The first-order chi connectivity index (χ1) is 8.76. The highest BCUT2D eigenvalue weighted by atomic mass is 16.4. The molecule has 1 aromatic carbocycles. The van der Waals surface area contributed by atoms with Crippen LogP contribution in [-0.4, -0.2) is 21.8 Å². The summed E-state index contributed by atoms with van der Waals surface area (Å²) < 4.78 is 0. The van der Waals surface area contributed by atoms with Gasteiger partial charge in [-0.15, -0.1) is 0 Å². The highest BCUT2D eigenvalue weighted by Gasteiger charge is 2.17. The predicted octanol–water partition coefficient (Wildman–Crippen LogP) is 3.37. The molecule has 0 unspecified atom stereocenters. The molecule has 4 nitrogen and oxygen atoms in total. The Kier molecular flexibility index (Phi) is 3.97. The fourth-order valence-electron chi connectivity index (χ4n) is 2.56. The zero-order chi connectivity index (χ0) is 13.0. The summed E-state index contributed by atoms with van der Waals surface area (Å²) in [4.78, 5) is 0. The van der Waals surface area contributed by atoms with Crippen molar-refractivity contribution in [1.82, 2.24) is 0 Å². The Labute approximate surface area is 107 Å². The van der Waals surface area contributed by atoms with Gasteiger partial charge < -0.3 is 10.4 Å². The van der Waals surface area contributed by atoms with Gasteiger partial charge in [-0.1, -0.05) is 47.4 Å². The first kappa shape index (κ1) is 12.6. The van der Waals surface area contributed by atoms with Crippen LogP contribution in [0.3, 0.4) is 0 Å². The van der Waals surface area contributed by atoms with E-state index in [1.165, 1.54) is 31.2 Å². The van der Waals surface area contributed by atoms with Gasteiger partial charge >= 0.3 is 0 Å². The molecular formula is C14H18N2O2. The Morgan fingerprint density at radius 1 is 1.06 bits per heavy atom. The van der Waals surface area contributed by atoms with Crippen LogP contribution in [0, 0.1) is 0 Å². The number of hydrogen-bond donors (Lipinski definition) is 2. The Morgan fingerprint density at radius 2 is 1.67 bits per heavy atom. The lowest BCUT2D eigenvalue weighted by Gasteiger charge is -2.10. The molecule has 2 N–H and O–H groups in total. The molecule has 4 heteroatoms. The van der Waals surface area contributed by atoms with E-state index < -0.39 is 0 Å². The Morgan fingerprint density at radius 3 is 2.17 bits per heavy atom. The number of oxime groups is 2. The number of nitrogens with zero attached hydrogens (tertiary/aromatic N) is 2. The van der Waals surface area contributed by atoms with Crippen molar-refractivity contribution in [3.63, 3.8) is 0 Å². The maximum atomic E-state index is 8.96. The summed E-state index contributed by atoms with van der Waals surface area (Å²) in [5.41, 5.74) is 2.70. The van der Waals surface area contributed by atoms with Crippen molar-refractivity contribution in [3.8, 4) is 0 Å². The summed E-state index contributed by atoms with van der Waals surface area (Å²) in [6, 6.07) is 7.97. The molecule has 0 amide bonds. The second kappa shape index (κ2) is 5.67. The smallest absolute Gasteiger partial charge is 0.134 e. The number of benzene rings is 1. The maximum absolute atomic E-state index is 8.96. The molecule has 18 heavy (non-hydrogen) atoms. The number of hydrogen-bond acceptors (Lipinski definition) is 4. The molecule has 1 fully saturated rings. The van der Waals surface area contributed by atoms with E-state index in [2.05, 4.69) is 22.4 Å². The van der Waals surface area contributed by atoms with E-state index in [0.29, 0.717) is 17.3 Å². The monoisotopic (exact) mass is 246 g/mol. The lowest BCUT2D eigenvalue weighted by Crippen LogP contribution is -2.12. The third-order valence-corrected chi connectivity index (χ3v) is 3.60. The van der Waals surface area contributed by atoms with Gasteiger partial charge in [0, 0.05) is 5.56 Å². The van der Waals surface area contributed by atoms with Crippen molar-refractivity contribution >= 4 is 11.4 Å². The topological polar surface area (TPSA) is 65.2 Å². The molecule has 1 aromatic rings. The van der Waals surface area contributed by atoms with Gasteiger partial charge in [-0.2, -0.15) is 0 Å². The van der Waals surface area contributed by atoms with Crippen molar-refractivity contribution in [2.45, 2.75) is 38.5 Å². The van der Waals surface area contributed by atoms with Crippen molar-refractivity contribution in [2.24, 2.45) is 10.3 Å². The first-order valence-electron chi connectivity index (χ1n) is 6.27. The Balaban J connectivity index is 2.21. The fourth-order valence-corrected chi connectivity index (χ4v) is 2.56. The van der Waals surface area contributed by atoms with Gasteiger partial charge in [0.2, 0.25) is 0 Å². The van der Waals surface area contributed by atoms with Gasteiger partial charge in [-0.25, -0.2) is 0 Å². The highest BCUT2D eigenvalue weighted by molar-refractivity contribution is 6.47. The quantitative estimate of drug-likeness (QED) is 0.488. The van der Waals surface area contributed by atoms with Crippen LogP contribution in [0.4, 0.5) is 0 Å². The largest absolute Gasteiger partial charge is 0.411 e. The molecule has 1 aliphatic rings. The maximum Gasteiger partial charge on any atom is 0.134 e. The summed E-state index contributed by atoms with van der Waals surface area (Å²) in [7, 11) is 0. The Bertz CT molecular complexity index is 457. The Hall–Kier alpha value is -1.84. The molecule has 96 valence electrons. The molecule has 0 atom stereocenters. The van der Waals surface area contributed by atoms with Gasteiger partial charge in [-0.05, 0) is 31.2 Å². The van der Waals surface area contributed by atoms with Gasteiger partial charge in [-0.3, -0.25) is 0 Å². The summed E-state index contributed by atoms with van der Waals surface area (Å²) in [6.07, 6.45) is 5.15. The van der Waals surface area contributed by atoms with E-state index in [0.717, 1.165) is 5.56 Å². The molecule has 1 saturated carbocycles. The minimum absolute atomic E-state index is 0.297. The van der Waals surface area contributed by atoms with Gasteiger partial charge in [0.05, 0.1) is 0 Å². The van der Waals surface area contributed by atoms with Crippen LogP contribution in [0.1, 0.15) is 49.7 Å². The van der Waals surface area contributed by atoms with E-state index in [9.17, 15) is 0 Å². The molecule has 0 bridgehead atoms. The minimum Gasteiger partial charge on any atom is -0.411 e. The lowest BCUT2D eigenvalue weighted by molar-refractivity contribution is 0.314. The van der Waals surface area contributed by atoms with Gasteiger partial charge in [0.1, 0.15) is 11.4 Å². The van der Waals surface area contributed by atoms with Crippen molar-refractivity contribution in [3.05, 3.63) is 35.4 Å². The molecule has 1 aliphatic carbocycles. The summed E-state index contributed by atoms with van der Waals surface area (Å²) in [5.74, 6) is 0.668. The molecule has 0 heterocycles. The second-order valence-corrected chi connectivity index (χ2v) is 4.74. The van der Waals surface area contributed by atoms with Crippen molar-refractivity contribution in [2.75, 3.05) is 0 Å². The molecule has 0 aliphatic heterocycles. The van der Waals surface area contributed by atoms with Crippen LogP contribution in [0.5, 0.6) is 0 Å². The molecule has 0 radical (unpaired) electrons. The zero-order valence-corrected chi connectivity index (χ0v) is 10.5. The zero-order valence-electron chi connectivity index (χ0n) is 10.5. The SMILES string of the molecule is CC(=NO)C(=NO)c1ccc(C2CCCC2)cc1. The molecule has 0 saturated heterocycles. The lowest BCUT2D eigenvalue weighted by atomic mass is 9.95. The van der Waals surface area contributed by atoms with Gasteiger partial charge in [0.25, 0.3) is 0 Å². The molecular weight excluding hydrogens is 228 g/mol. The summed E-state index contributed by atoms with van der Waals surface area (Å²) in [5, 5.41) is 23.9. The van der Waals surface area contributed by atoms with E-state index >= 15 is 0 Å².